The third-order valence-corrected chi connectivity index (χ3v) is 4.97. The number of ether oxygens (including phenoxy) is 2. The molecule has 150 valence electrons. The summed E-state index contributed by atoms with van der Waals surface area (Å²) in [5.41, 5.74) is 4.67. The zero-order chi connectivity index (χ0) is 20.1. The zero-order valence-electron chi connectivity index (χ0n) is 17.1. The van der Waals surface area contributed by atoms with Gasteiger partial charge in [0.25, 0.3) is 0 Å². The second-order valence-electron chi connectivity index (χ2n) is 7.36. The second-order valence-corrected chi connectivity index (χ2v) is 7.36. The van der Waals surface area contributed by atoms with Gasteiger partial charge in [0.15, 0.2) is 11.5 Å². The molecule has 1 aliphatic heterocycles. The van der Waals surface area contributed by atoms with Gasteiger partial charge in [-0.2, -0.15) is 0 Å². The first-order chi connectivity index (χ1) is 13.5. The van der Waals surface area contributed by atoms with Crippen molar-refractivity contribution in [3.8, 4) is 11.5 Å². The highest BCUT2D eigenvalue weighted by molar-refractivity contribution is 5.74. The highest BCUT2D eigenvalue weighted by Crippen LogP contribution is 2.33. The molecule has 0 atom stereocenters. The minimum Gasteiger partial charge on any atom is -0.493 e. The number of carbonyl (C=O) groups excluding carboxylic acids is 1. The van der Waals surface area contributed by atoms with Crippen LogP contribution >= 0.6 is 0 Å². The predicted molar refractivity (Wildman–Crippen MR) is 110 cm³/mol. The van der Waals surface area contributed by atoms with E-state index in [0.29, 0.717) is 25.4 Å². The lowest BCUT2D eigenvalue weighted by molar-refractivity contribution is 0.191. The Morgan fingerprint density at radius 3 is 2.25 bits per heavy atom. The Hall–Kier alpha value is -2.73. The summed E-state index contributed by atoms with van der Waals surface area (Å²) in [5, 5.41) is 3.03. The molecule has 0 fully saturated rings. The van der Waals surface area contributed by atoms with Crippen LogP contribution in [-0.4, -0.2) is 50.7 Å². The summed E-state index contributed by atoms with van der Waals surface area (Å²) in [6.07, 6.45) is 0.808. The van der Waals surface area contributed by atoms with Gasteiger partial charge in [0.05, 0.1) is 14.2 Å². The highest BCUT2D eigenvalue weighted by Gasteiger charge is 2.22. The van der Waals surface area contributed by atoms with Crippen molar-refractivity contribution >= 4 is 6.03 Å². The summed E-state index contributed by atoms with van der Waals surface area (Å²) < 4.78 is 10.8. The number of hydrogen-bond donors (Lipinski definition) is 1. The number of hydrogen-bond acceptors (Lipinski definition) is 4. The molecule has 0 aliphatic carbocycles. The second kappa shape index (κ2) is 8.97. The fraction of sp³-hybridized carbons (Fsp3) is 0.409. The van der Waals surface area contributed by atoms with E-state index in [1.807, 2.05) is 17.0 Å². The van der Waals surface area contributed by atoms with Gasteiger partial charge in [0, 0.05) is 26.2 Å². The molecule has 28 heavy (non-hydrogen) atoms. The average molecular weight is 383 g/mol. The summed E-state index contributed by atoms with van der Waals surface area (Å²) in [6, 6.07) is 12.3. The molecule has 1 N–H and O–H groups in total. The predicted octanol–water partition coefficient (Wildman–Crippen LogP) is 3.03. The normalized spacial score (nSPS) is 13.2. The fourth-order valence-electron chi connectivity index (χ4n) is 3.47. The van der Waals surface area contributed by atoms with Crippen LogP contribution in [-0.2, 0) is 26.1 Å². The molecule has 0 unspecified atom stereocenters. The molecule has 0 spiro atoms. The van der Waals surface area contributed by atoms with Crippen LogP contribution in [0.5, 0.6) is 11.5 Å². The molecule has 2 aromatic rings. The maximum absolute atomic E-state index is 12.6. The molecule has 6 heteroatoms. The minimum atomic E-state index is -0.0437. The number of methoxy groups -OCH3 is 2. The number of carbonyl (C=O) groups is 1. The zero-order valence-corrected chi connectivity index (χ0v) is 17.1. The van der Waals surface area contributed by atoms with Crippen molar-refractivity contribution in [2.75, 3.05) is 34.9 Å². The lowest BCUT2D eigenvalue weighted by Gasteiger charge is -2.29. The Kier molecular flexibility index (Phi) is 6.41. The first kappa shape index (κ1) is 20.0. The van der Waals surface area contributed by atoms with Gasteiger partial charge in [-0.1, -0.05) is 24.3 Å². The number of amides is 2. The molecule has 0 saturated heterocycles. The van der Waals surface area contributed by atoms with E-state index in [1.54, 1.807) is 14.2 Å². The monoisotopic (exact) mass is 383 g/mol. The molecule has 0 aromatic heterocycles. The number of nitrogens with one attached hydrogen (secondary N) is 1. The van der Waals surface area contributed by atoms with Gasteiger partial charge in [-0.3, -0.25) is 0 Å². The van der Waals surface area contributed by atoms with Gasteiger partial charge in [0.2, 0.25) is 0 Å². The van der Waals surface area contributed by atoms with Gasteiger partial charge in [-0.15, -0.1) is 0 Å². The molecular weight excluding hydrogens is 354 g/mol. The fourth-order valence-corrected chi connectivity index (χ4v) is 3.47. The molecule has 6 nitrogen and oxygen atoms in total. The molecular formula is C22H29N3O3. The lowest BCUT2D eigenvalue weighted by atomic mass is 9.99. The van der Waals surface area contributed by atoms with E-state index >= 15 is 0 Å². The van der Waals surface area contributed by atoms with Crippen molar-refractivity contribution in [3.05, 3.63) is 58.7 Å². The van der Waals surface area contributed by atoms with Crippen LogP contribution in [0.15, 0.2) is 36.4 Å². The van der Waals surface area contributed by atoms with Crippen molar-refractivity contribution in [3.63, 3.8) is 0 Å². The first-order valence-electron chi connectivity index (χ1n) is 9.49. The third-order valence-electron chi connectivity index (χ3n) is 4.97. The topological polar surface area (TPSA) is 54.0 Å². The van der Waals surface area contributed by atoms with E-state index in [2.05, 4.69) is 48.6 Å². The largest absolute Gasteiger partial charge is 0.493 e. The quantitative estimate of drug-likeness (QED) is 0.833. The molecule has 1 heterocycles. The van der Waals surface area contributed by atoms with Gasteiger partial charge in [-0.05, 0) is 54.9 Å². The van der Waals surface area contributed by atoms with Gasteiger partial charge in [-0.25, -0.2) is 4.79 Å². The van der Waals surface area contributed by atoms with Gasteiger partial charge < -0.3 is 24.6 Å². The van der Waals surface area contributed by atoms with Crippen molar-refractivity contribution in [1.29, 1.82) is 0 Å². The Morgan fingerprint density at radius 1 is 1.04 bits per heavy atom. The summed E-state index contributed by atoms with van der Waals surface area (Å²) in [7, 11) is 7.37. The summed E-state index contributed by atoms with van der Waals surface area (Å²) in [6.45, 7) is 2.70. The van der Waals surface area contributed by atoms with Crippen molar-refractivity contribution in [2.45, 2.75) is 26.1 Å². The maximum Gasteiger partial charge on any atom is 0.317 e. The molecule has 2 aromatic carbocycles. The lowest BCUT2D eigenvalue weighted by Crippen LogP contribution is -2.42. The van der Waals surface area contributed by atoms with Gasteiger partial charge in [0.1, 0.15) is 0 Å². The summed E-state index contributed by atoms with van der Waals surface area (Å²) in [5.74, 6) is 1.43. The number of benzene rings is 2. The molecule has 0 saturated carbocycles. The number of urea groups is 1. The van der Waals surface area contributed by atoms with E-state index in [0.717, 1.165) is 29.8 Å². The van der Waals surface area contributed by atoms with Crippen molar-refractivity contribution in [2.24, 2.45) is 0 Å². The van der Waals surface area contributed by atoms with E-state index in [4.69, 9.17) is 9.47 Å². The number of fused-ring (bicyclic) bond motifs is 1. The number of rotatable bonds is 6. The molecule has 3 rings (SSSR count). The summed E-state index contributed by atoms with van der Waals surface area (Å²) in [4.78, 5) is 16.6. The standard InChI is InChI=1S/C22H29N3O3/c1-24(2)14-17-7-5-16(6-8-17)13-23-22(26)25-10-9-18-11-20(27-3)21(28-4)12-19(18)15-25/h5-8,11-12H,9-10,13-15H2,1-4H3,(H,23,26). The van der Waals surface area contributed by atoms with Crippen LogP contribution in [0.2, 0.25) is 0 Å². The first-order valence-corrected chi connectivity index (χ1v) is 9.49. The molecule has 2 amide bonds. The van der Waals surface area contributed by atoms with Crippen LogP contribution < -0.4 is 14.8 Å². The molecule has 1 aliphatic rings. The highest BCUT2D eigenvalue weighted by atomic mass is 16.5. The SMILES string of the molecule is COc1cc2c(cc1OC)CN(C(=O)NCc1ccc(CN(C)C)cc1)CC2. The van der Waals surface area contributed by atoms with Crippen molar-refractivity contribution in [1.82, 2.24) is 15.1 Å². The van der Waals surface area contributed by atoms with Gasteiger partial charge >= 0.3 is 6.03 Å². The third kappa shape index (κ3) is 4.75. The molecule has 0 radical (unpaired) electrons. The van der Waals surface area contributed by atoms with Crippen LogP contribution in [0, 0.1) is 0 Å². The van der Waals surface area contributed by atoms with E-state index in [1.165, 1.54) is 11.1 Å². The Bertz CT molecular complexity index is 819. The number of nitrogens with zero attached hydrogens (tertiary/aromatic N) is 2. The van der Waals surface area contributed by atoms with Crippen LogP contribution in [0.25, 0.3) is 0 Å². The van der Waals surface area contributed by atoms with Crippen LogP contribution in [0.4, 0.5) is 4.79 Å². The van der Waals surface area contributed by atoms with Crippen LogP contribution in [0.1, 0.15) is 22.3 Å². The Labute approximate surface area is 167 Å². The average Bonchev–Trinajstić information content (AvgIpc) is 2.71. The van der Waals surface area contributed by atoms with E-state index in [-0.39, 0.29) is 6.03 Å². The smallest absolute Gasteiger partial charge is 0.317 e. The van der Waals surface area contributed by atoms with E-state index in [9.17, 15) is 4.79 Å². The Balaban J connectivity index is 1.59. The molecule has 0 bridgehead atoms. The summed E-state index contributed by atoms with van der Waals surface area (Å²) >= 11 is 0. The van der Waals surface area contributed by atoms with E-state index < -0.39 is 0 Å². The minimum absolute atomic E-state index is 0.0437. The Morgan fingerprint density at radius 2 is 1.64 bits per heavy atom. The maximum atomic E-state index is 12.6. The van der Waals surface area contributed by atoms with Crippen molar-refractivity contribution < 1.29 is 14.3 Å². The van der Waals surface area contributed by atoms with Crippen LogP contribution in [0.3, 0.4) is 0 Å².